The fraction of sp³-hybridized carbons (Fsp3) is 0.667. The molecule has 0 saturated heterocycles. The van der Waals surface area contributed by atoms with Gasteiger partial charge in [-0.1, -0.05) is 52.8 Å². The SMILES string of the molecule is COc1ccc(COC[C@H](C)/C=C(\C)[C@H](O)[C@@H](C)CO[Si](C)(C)C(C)(C)C)cc1. The van der Waals surface area contributed by atoms with Gasteiger partial charge in [-0.2, -0.15) is 0 Å². The van der Waals surface area contributed by atoms with Crippen LogP contribution in [0.5, 0.6) is 5.75 Å². The van der Waals surface area contributed by atoms with Crippen LogP contribution in [0.25, 0.3) is 0 Å². The van der Waals surface area contributed by atoms with Crippen molar-refractivity contribution in [3.63, 3.8) is 0 Å². The fourth-order valence-corrected chi connectivity index (χ4v) is 3.89. The highest BCUT2D eigenvalue weighted by molar-refractivity contribution is 6.74. The number of hydrogen-bond donors (Lipinski definition) is 1. The molecule has 0 aliphatic carbocycles. The van der Waals surface area contributed by atoms with E-state index >= 15 is 0 Å². The molecule has 1 N–H and O–H groups in total. The molecule has 0 fully saturated rings. The van der Waals surface area contributed by atoms with Crippen molar-refractivity contribution < 1.29 is 19.0 Å². The van der Waals surface area contributed by atoms with Gasteiger partial charge in [-0.3, -0.25) is 0 Å². The average molecular weight is 423 g/mol. The third kappa shape index (κ3) is 8.63. The van der Waals surface area contributed by atoms with Crippen LogP contribution in [0.3, 0.4) is 0 Å². The van der Waals surface area contributed by atoms with Crippen LogP contribution in [0.1, 0.15) is 47.1 Å². The Bertz CT molecular complexity index is 631. The number of ether oxygens (including phenoxy) is 2. The molecule has 166 valence electrons. The average Bonchev–Trinajstić information content (AvgIpc) is 2.65. The van der Waals surface area contributed by atoms with E-state index < -0.39 is 14.4 Å². The van der Waals surface area contributed by atoms with E-state index in [0.717, 1.165) is 16.9 Å². The zero-order valence-electron chi connectivity index (χ0n) is 19.9. The molecule has 0 bridgehead atoms. The van der Waals surface area contributed by atoms with E-state index in [9.17, 15) is 5.11 Å². The predicted octanol–water partition coefficient (Wildman–Crippen LogP) is 5.81. The first-order valence-corrected chi connectivity index (χ1v) is 13.5. The van der Waals surface area contributed by atoms with Gasteiger partial charge in [-0.05, 0) is 54.2 Å². The Morgan fingerprint density at radius 3 is 2.21 bits per heavy atom. The standard InChI is InChI=1S/C24H42O4Si/c1-18(15-27-17-21-10-12-22(26-7)13-11-21)14-19(2)23(25)20(3)16-28-29(8,9)24(4,5)6/h10-14,18,20,23,25H,15-17H2,1-9H3/b19-14+/t18-,20+,23+/m1/s1. The lowest BCUT2D eigenvalue weighted by Gasteiger charge is -2.37. The molecule has 1 rings (SSSR count). The second-order valence-electron chi connectivity index (χ2n) is 9.74. The molecule has 0 aliphatic heterocycles. The maximum Gasteiger partial charge on any atom is 0.191 e. The van der Waals surface area contributed by atoms with Crippen LogP contribution < -0.4 is 4.74 Å². The van der Waals surface area contributed by atoms with Crippen LogP contribution in [0.4, 0.5) is 0 Å². The molecule has 0 amide bonds. The molecule has 1 aromatic rings. The van der Waals surface area contributed by atoms with Crippen molar-refractivity contribution in [2.24, 2.45) is 11.8 Å². The molecule has 4 nitrogen and oxygen atoms in total. The monoisotopic (exact) mass is 422 g/mol. The van der Waals surface area contributed by atoms with Crippen LogP contribution in [0.2, 0.25) is 18.1 Å². The second kappa shape index (κ2) is 11.3. The first-order valence-electron chi connectivity index (χ1n) is 10.6. The third-order valence-electron chi connectivity index (χ3n) is 5.87. The quantitative estimate of drug-likeness (QED) is 0.361. The minimum Gasteiger partial charge on any atom is -0.497 e. The minimum absolute atomic E-state index is 0.0628. The van der Waals surface area contributed by atoms with Gasteiger partial charge in [0.25, 0.3) is 0 Å². The highest BCUT2D eigenvalue weighted by atomic mass is 28.4. The van der Waals surface area contributed by atoms with E-state index in [2.05, 4.69) is 53.8 Å². The van der Waals surface area contributed by atoms with Crippen molar-refractivity contribution >= 4 is 8.32 Å². The van der Waals surface area contributed by atoms with E-state index in [1.54, 1.807) is 7.11 Å². The number of benzene rings is 1. The summed E-state index contributed by atoms with van der Waals surface area (Å²) in [6, 6.07) is 7.91. The number of aliphatic hydroxyl groups is 1. The van der Waals surface area contributed by atoms with Gasteiger partial charge >= 0.3 is 0 Å². The minimum atomic E-state index is -1.79. The molecular weight excluding hydrogens is 380 g/mol. The molecule has 0 aromatic heterocycles. The molecular formula is C24H42O4Si. The summed E-state index contributed by atoms with van der Waals surface area (Å²) in [7, 11) is -0.131. The zero-order valence-corrected chi connectivity index (χ0v) is 20.9. The Labute approximate surface area is 179 Å². The summed E-state index contributed by atoms with van der Waals surface area (Å²) in [5.74, 6) is 1.14. The lowest BCUT2D eigenvalue weighted by atomic mass is 9.96. The summed E-state index contributed by atoms with van der Waals surface area (Å²) in [5, 5.41) is 10.9. The van der Waals surface area contributed by atoms with Gasteiger partial charge in [-0.25, -0.2) is 0 Å². The van der Waals surface area contributed by atoms with E-state index in [-0.39, 0.29) is 16.9 Å². The topological polar surface area (TPSA) is 47.9 Å². The molecule has 29 heavy (non-hydrogen) atoms. The van der Waals surface area contributed by atoms with Crippen LogP contribution >= 0.6 is 0 Å². The van der Waals surface area contributed by atoms with Crippen LogP contribution in [-0.2, 0) is 15.8 Å². The van der Waals surface area contributed by atoms with Crippen molar-refractivity contribution in [3.05, 3.63) is 41.5 Å². The fourth-order valence-electron chi connectivity index (χ4n) is 2.78. The number of hydrogen-bond acceptors (Lipinski definition) is 4. The molecule has 0 radical (unpaired) electrons. The summed E-state index contributed by atoms with van der Waals surface area (Å²) in [6.45, 7) is 19.1. The predicted molar refractivity (Wildman–Crippen MR) is 124 cm³/mol. The third-order valence-corrected chi connectivity index (χ3v) is 10.4. The normalized spacial score (nSPS) is 16.4. The van der Waals surface area contributed by atoms with Crippen molar-refractivity contribution in [2.75, 3.05) is 20.3 Å². The maximum absolute atomic E-state index is 10.7. The van der Waals surface area contributed by atoms with Gasteiger partial charge in [-0.15, -0.1) is 0 Å². The highest BCUT2D eigenvalue weighted by Crippen LogP contribution is 2.37. The van der Waals surface area contributed by atoms with E-state index in [1.165, 1.54) is 0 Å². The maximum atomic E-state index is 10.7. The van der Waals surface area contributed by atoms with Crippen molar-refractivity contribution in [2.45, 2.75) is 72.4 Å². The van der Waals surface area contributed by atoms with Gasteiger partial charge in [0.15, 0.2) is 8.32 Å². The molecule has 3 atom stereocenters. The summed E-state index contributed by atoms with van der Waals surface area (Å²) < 4.78 is 17.3. The molecule has 0 aliphatic rings. The zero-order chi connectivity index (χ0) is 22.2. The molecule has 1 aromatic carbocycles. The lowest BCUT2D eigenvalue weighted by Crippen LogP contribution is -2.42. The Morgan fingerprint density at radius 1 is 1.10 bits per heavy atom. The van der Waals surface area contributed by atoms with Gasteiger partial charge in [0.2, 0.25) is 0 Å². The van der Waals surface area contributed by atoms with Gasteiger partial charge < -0.3 is 19.0 Å². The number of methoxy groups -OCH3 is 1. The smallest absolute Gasteiger partial charge is 0.191 e. The number of aliphatic hydroxyl groups excluding tert-OH is 1. The Balaban J connectivity index is 2.47. The van der Waals surface area contributed by atoms with Crippen LogP contribution in [0, 0.1) is 11.8 Å². The van der Waals surface area contributed by atoms with Gasteiger partial charge in [0, 0.05) is 12.5 Å². The van der Waals surface area contributed by atoms with E-state index in [4.69, 9.17) is 13.9 Å². The van der Waals surface area contributed by atoms with E-state index in [0.29, 0.717) is 19.8 Å². The highest BCUT2D eigenvalue weighted by Gasteiger charge is 2.37. The largest absolute Gasteiger partial charge is 0.497 e. The Morgan fingerprint density at radius 2 is 1.69 bits per heavy atom. The lowest BCUT2D eigenvalue weighted by molar-refractivity contribution is 0.0973. The molecule has 0 heterocycles. The Hall–Kier alpha value is -1.14. The molecule has 0 unspecified atom stereocenters. The van der Waals surface area contributed by atoms with Crippen LogP contribution in [0.15, 0.2) is 35.9 Å². The van der Waals surface area contributed by atoms with Crippen molar-refractivity contribution in [1.82, 2.24) is 0 Å². The first kappa shape index (κ1) is 25.9. The summed E-state index contributed by atoms with van der Waals surface area (Å²) >= 11 is 0. The van der Waals surface area contributed by atoms with Gasteiger partial charge in [0.05, 0.1) is 26.4 Å². The van der Waals surface area contributed by atoms with Crippen LogP contribution in [-0.4, -0.2) is 39.9 Å². The molecule has 5 heteroatoms. The molecule has 0 saturated carbocycles. The molecule has 0 spiro atoms. The van der Waals surface area contributed by atoms with Crippen molar-refractivity contribution in [3.8, 4) is 5.75 Å². The first-order chi connectivity index (χ1) is 13.4. The number of rotatable bonds is 11. The summed E-state index contributed by atoms with van der Waals surface area (Å²) in [5.41, 5.74) is 2.10. The second-order valence-corrected chi connectivity index (χ2v) is 14.6. The van der Waals surface area contributed by atoms with Gasteiger partial charge in [0.1, 0.15) is 5.75 Å². The Kier molecular flexibility index (Phi) is 10.1. The summed E-state index contributed by atoms with van der Waals surface area (Å²) in [4.78, 5) is 0. The summed E-state index contributed by atoms with van der Waals surface area (Å²) in [6.07, 6.45) is 1.62. The van der Waals surface area contributed by atoms with E-state index in [1.807, 2.05) is 31.2 Å². The van der Waals surface area contributed by atoms with Crippen molar-refractivity contribution in [1.29, 1.82) is 0 Å².